The van der Waals surface area contributed by atoms with E-state index >= 15 is 0 Å². The monoisotopic (exact) mass is 282 g/mol. The normalized spacial score (nSPS) is 35.0. The van der Waals surface area contributed by atoms with Crippen LogP contribution in [0.1, 0.15) is 46.5 Å². The molecule has 0 radical (unpaired) electrons. The third-order valence-electron chi connectivity index (χ3n) is 4.56. The van der Waals surface area contributed by atoms with Crippen LogP contribution in [0.25, 0.3) is 0 Å². The fraction of sp³-hybridized carbons (Fsp3) is 0.800. The molecule has 5 nitrogen and oxygen atoms in total. The van der Waals surface area contributed by atoms with Gasteiger partial charge in [-0.1, -0.05) is 20.3 Å². The van der Waals surface area contributed by atoms with Crippen molar-refractivity contribution in [2.24, 2.45) is 11.8 Å². The first-order valence-corrected chi connectivity index (χ1v) is 7.56. The van der Waals surface area contributed by atoms with Crippen LogP contribution < -0.4 is 5.32 Å². The minimum atomic E-state index is -0.718. The van der Waals surface area contributed by atoms with E-state index in [1.165, 1.54) is 5.57 Å². The number of aliphatic hydroxyl groups is 1. The highest BCUT2D eigenvalue weighted by Gasteiger charge is 2.35. The minimum absolute atomic E-state index is 0.105. The molecular formula is C15H26N2O3. The molecule has 3 N–H and O–H groups in total. The van der Waals surface area contributed by atoms with Gasteiger partial charge in [0.2, 0.25) is 0 Å². The summed E-state index contributed by atoms with van der Waals surface area (Å²) in [6.45, 7) is 6.33. The van der Waals surface area contributed by atoms with Crippen LogP contribution in [0.15, 0.2) is 11.8 Å². The second-order valence-electron chi connectivity index (χ2n) is 6.35. The summed E-state index contributed by atoms with van der Waals surface area (Å²) in [5.41, 5.74) is 1.26. The topological polar surface area (TPSA) is 72.8 Å². The molecule has 20 heavy (non-hydrogen) atoms. The van der Waals surface area contributed by atoms with Crippen molar-refractivity contribution in [3.63, 3.8) is 0 Å². The highest BCUT2D eigenvalue weighted by atomic mass is 16.4. The summed E-state index contributed by atoms with van der Waals surface area (Å²) in [4.78, 5) is 13.1. The van der Waals surface area contributed by atoms with Gasteiger partial charge in [-0.05, 0) is 37.7 Å². The zero-order valence-electron chi connectivity index (χ0n) is 12.5. The predicted molar refractivity (Wildman–Crippen MR) is 76.7 cm³/mol. The lowest BCUT2D eigenvalue weighted by molar-refractivity contribution is -0.144. The molecule has 1 saturated carbocycles. The second kappa shape index (κ2) is 6.14. The Kier molecular flexibility index (Phi) is 4.70. The van der Waals surface area contributed by atoms with Gasteiger partial charge >= 0.3 is 5.97 Å². The summed E-state index contributed by atoms with van der Waals surface area (Å²) in [5.74, 6) is -0.585. The number of rotatable bonds is 3. The van der Waals surface area contributed by atoms with Gasteiger partial charge in [-0.2, -0.15) is 0 Å². The van der Waals surface area contributed by atoms with Crippen LogP contribution in [-0.2, 0) is 4.79 Å². The highest BCUT2D eigenvalue weighted by Crippen LogP contribution is 2.31. The summed E-state index contributed by atoms with van der Waals surface area (Å²) in [5, 5.41) is 22.6. The summed E-state index contributed by atoms with van der Waals surface area (Å²) in [7, 11) is 0. The van der Waals surface area contributed by atoms with Gasteiger partial charge in [0.1, 0.15) is 0 Å². The zero-order valence-corrected chi connectivity index (χ0v) is 12.5. The van der Waals surface area contributed by atoms with Crippen LogP contribution in [0.2, 0.25) is 0 Å². The Balaban J connectivity index is 2.15. The van der Waals surface area contributed by atoms with Crippen molar-refractivity contribution >= 4 is 5.97 Å². The Morgan fingerprint density at radius 1 is 1.45 bits per heavy atom. The third-order valence-corrected chi connectivity index (χ3v) is 4.56. The van der Waals surface area contributed by atoms with Crippen molar-refractivity contribution in [1.82, 2.24) is 10.2 Å². The quantitative estimate of drug-likeness (QED) is 0.735. The van der Waals surface area contributed by atoms with Gasteiger partial charge in [-0.3, -0.25) is 10.1 Å². The van der Waals surface area contributed by atoms with E-state index in [0.29, 0.717) is 12.3 Å². The smallest absolute Gasteiger partial charge is 0.306 e. The number of carbonyl (C=O) groups is 1. The van der Waals surface area contributed by atoms with Crippen LogP contribution in [0.4, 0.5) is 0 Å². The molecule has 5 heteroatoms. The molecule has 0 saturated heterocycles. The molecule has 114 valence electrons. The molecule has 1 fully saturated rings. The van der Waals surface area contributed by atoms with Crippen molar-refractivity contribution in [1.29, 1.82) is 0 Å². The van der Waals surface area contributed by atoms with Crippen LogP contribution >= 0.6 is 0 Å². The van der Waals surface area contributed by atoms with Crippen LogP contribution in [-0.4, -0.2) is 39.5 Å². The van der Waals surface area contributed by atoms with Gasteiger partial charge in [0.15, 0.2) is 6.35 Å². The number of carboxylic acid groups (broad SMARTS) is 1. The van der Waals surface area contributed by atoms with Gasteiger partial charge < -0.3 is 15.1 Å². The number of aliphatic carboxylic acids is 1. The molecular weight excluding hydrogens is 256 g/mol. The van der Waals surface area contributed by atoms with E-state index < -0.39 is 12.3 Å². The van der Waals surface area contributed by atoms with E-state index in [0.717, 1.165) is 19.3 Å². The van der Waals surface area contributed by atoms with Crippen molar-refractivity contribution in [3.05, 3.63) is 11.8 Å². The van der Waals surface area contributed by atoms with Crippen molar-refractivity contribution in [2.45, 2.75) is 64.9 Å². The maximum absolute atomic E-state index is 11.2. The van der Waals surface area contributed by atoms with E-state index in [9.17, 15) is 15.0 Å². The number of hydrogen-bond acceptors (Lipinski definition) is 4. The summed E-state index contributed by atoms with van der Waals surface area (Å²) in [6, 6.07) is 0.258. The van der Waals surface area contributed by atoms with Gasteiger partial charge in [0.25, 0.3) is 0 Å². The third kappa shape index (κ3) is 3.15. The molecule has 2 aliphatic rings. The Hall–Kier alpha value is -1.07. The van der Waals surface area contributed by atoms with Crippen molar-refractivity contribution in [2.75, 3.05) is 0 Å². The van der Waals surface area contributed by atoms with E-state index in [1.807, 2.05) is 18.0 Å². The largest absolute Gasteiger partial charge is 0.481 e. The zero-order chi connectivity index (χ0) is 14.9. The Bertz CT molecular complexity index is 395. The molecule has 2 rings (SSSR count). The van der Waals surface area contributed by atoms with Crippen LogP contribution in [0, 0.1) is 11.8 Å². The molecule has 0 aromatic heterocycles. The molecule has 0 aromatic carbocycles. The first-order chi connectivity index (χ1) is 9.40. The van der Waals surface area contributed by atoms with Crippen LogP contribution in [0.3, 0.4) is 0 Å². The average Bonchev–Trinajstić information content (AvgIpc) is 2.38. The summed E-state index contributed by atoms with van der Waals surface area (Å²) >= 11 is 0. The number of hydrogen-bond donors (Lipinski definition) is 3. The first kappa shape index (κ1) is 15.3. The Labute approximate surface area is 120 Å². The van der Waals surface area contributed by atoms with Crippen LogP contribution in [0.5, 0.6) is 0 Å². The molecule has 0 bridgehead atoms. The number of aliphatic hydroxyl groups excluding tert-OH is 1. The fourth-order valence-electron chi connectivity index (χ4n) is 3.37. The Morgan fingerprint density at radius 3 is 2.75 bits per heavy atom. The van der Waals surface area contributed by atoms with E-state index in [4.69, 9.17) is 0 Å². The van der Waals surface area contributed by atoms with Gasteiger partial charge in [-0.25, -0.2) is 0 Å². The summed E-state index contributed by atoms with van der Waals surface area (Å²) < 4.78 is 0. The minimum Gasteiger partial charge on any atom is -0.481 e. The highest BCUT2D eigenvalue weighted by molar-refractivity contribution is 5.70. The lowest BCUT2D eigenvalue weighted by atomic mass is 9.84. The molecule has 1 heterocycles. The molecule has 0 spiro atoms. The van der Waals surface area contributed by atoms with Crippen molar-refractivity contribution in [3.8, 4) is 0 Å². The second-order valence-corrected chi connectivity index (χ2v) is 6.35. The molecule has 1 aliphatic heterocycles. The fourth-order valence-corrected chi connectivity index (χ4v) is 3.37. The molecule has 4 atom stereocenters. The maximum atomic E-state index is 11.2. The van der Waals surface area contributed by atoms with E-state index in [2.05, 4.69) is 19.2 Å². The van der Waals surface area contributed by atoms with Gasteiger partial charge in [0.05, 0.1) is 5.92 Å². The lowest BCUT2D eigenvalue weighted by Crippen LogP contribution is -2.56. The maximum Gasteiger partial charge on any atom is 0.306 e. The standard InChI is InChI=1S/C15H26N2O3/c1-9(2)13-8-17(15(20)16-10(13)3)12-6-4-5-11(7-12)14(18)19/h8-12,15-16,20H,4-7H2,1-3H3,(H,18,19)/t10-,11?,12?,15?/m1/s1. The molecule has 1 aliphatic carbocycles. The number of nitrogens with one attached hydrogen (secondary N) is 1. The SMILES string of the molecule is CC(C)C1=CN(C2CCCC(C(=O)O)C2)C(O)N[C@@H]1C. The molecule has 0 amide bonds. The van der Waals surface area contributed by atoms with E-state index in [1.54, 1.807) is 0 Å². The van der Waals surface area contributed by atoms with Gasteiger partial charge in [0, 0.05) is 18.3 Å². The molecule has 0 aromatic rings. The van der Waals surface area contributed by atoms with Crippen molar-refractivity contribution < 1.29 is 15.0 Å². The lowest BCUT2D eigenvalue weighted by Gasteiger charge is -2.44. The first-order valence-electron chi connectivity index (χ1n) is 7.56. The van der Waals surface area contributed by atoms with E-state index in [-0.39, 0.29) is 18.0 Å². The summed E-state index contributed by atoms with van der Waals surface area (Å²) in [6.07, 6.45) is 4.55. The number of nitrogens with zero attached hydrogens (tertiary/aromatic N) is 1. The number of carboxylic acids is 1. The Morgan fingerprint density at radius 2 is 2.15 bits per heavy atom. The predicted octanol–water partition coefficient (Wildman–Crippen LogP) is 1.74. The average molecular weight is 282 g/mol. The van der Waals surface area contributed by atoms with Gasteiger partial charge in [-0.15, -0.1) is 0 Å². The molecule has 3 unspecified atom stereocenters.